The van der Waals surface area contributed by atoms with Gasteiger partial charge in [0.25, 0.3) is 0 Å². The van der Waals surface area contributed by atoms with E-state index in [1.54, 1.807) is 0 Å². The molecule has 3 heteroatoms. The van der Waals surface area contributed by atoms with Gasteiger partial charge in [0.15, 0.2) is 0 Å². The molecule has 0 bridgehead atoms. The third kappa shape index (κ3) is 3.88. The van der Waals surface area contributed by atoms with E-state index in [4.69, 9.17) is 0 Å². The second-order valence-corrected chi connectivity index (χ2v) is 7.54. The molecule has 2 nitrogen and oxygen atoms in total. The van der Waals surface area contributed by atoms with E-state index in [0.717, 1.165) is 17.2 Å². The highest BCUT2D eigenvalue weighted by Gasteiger charge is 2.31. The summed E-state index contributed by atoms with van der Waals surface area (Å²) in [6, 6.07) is 1.47. The Morgan fingerprint density at radius 1 is 1.28 bits per heavy atom. The van der Waals surface area contributed by atoms with Crippen LogP contribution in [0.4, 0.5) is 0 Å². The van der Waals surface area contributed by atoms with Gasteiger partial charge in [-0.05, 0) is 31.9 Å². The summed E-state index contributed by atoms with van der Waals surface area (Å²) in [6.07, 6.45) is 9.53. The summed E-state index contributed by atoms with van der Waals surface area (Å²) in [7, 11) is 0. The topological polar surface area (TPSA) is 15.3 Å². The molecule has 1 saturated carbocycles. The lowest BCUT2D eigenvalue weighted by Crippen LogP contribution is -2.58. The van der Waals surface area contributed by atoms with Gasteiger partial charge in [0.05, 0.1) is 0 Å². The van der Waals surface area contributed by atoms with E-state index in [-0.39, 0.29) is 0 Å². The summed E-state index contributed by atoms with van der Waals surface area (Å²) in [5, 5.41) is 4.57. The molecule has 3 atom stereocenters. The van der Waals surface area contributed by atoms with Crippen LogP contribution in [0.3, 0.4) is 0 Å². The Labute approximate surface area is 117 Å². The number of rotatable bonds is 4. The molecule has 0 spiro atoms. The van der Waals surface area contributed by atoms with E-state index in [1.165, 1.54) is 51.7 Å². The van der Waals surface area contributed by atoms with Gasteiger partial charge in [0, 0.05) is 37.0 Å². The molecular formula is C15H30N2S. The molecule has 2 fully saturated rings. The van der Waals surface area contributed by atoms with Gasteiger partial charge in [-0.3, -0.25) is 4.90 Å². The van der Waals surface area contributed by atoms with E-state index < -0.39 is 0 Å². The predicted molar refractivity (Wildman–Crippen MR) is 82.4 cm³/mol. The first-order valence-corrected chi connectivity index (χ1v) is 8.99. The number of nitrogens with one attached hydrogen (secondary N) is 1. The summed E-state index contributed by atoms with van der Waals surface area (Å²) in [4.78, 5) is 2.72. The van der Waals surface area contributed by atoms with Gasteiger partial charge in [-0.15, -0.1) is 0 Å². The number of hydrogen-bond acceptors (Lipinski definition) is 3. The minimum absolute atomic E-state index is 0.708. The van der Waals surface area contributed by atoms with Crippen LogP contribution in [0.5, 0.6) is 0 Å². The van der Waals surface area contributed by atoms with Crippen LogP contribution in [0.15, 0.2) is 0 Å². The zero-order valence-corrected chi connectivity index (χ0v) is 13.1. The summed E-state index contributed by atoms with van der Waals surface area (Å²) in [5.74, 6) is 0.943. The Morgan fingerprint density at radius 3 is 2.67 bits per heavy atom. The average Bonchev–Trinajstić information content (AvgIpc) is 2.42. The zero-order valence-electron chi connectivity index (χ0n) is 12.3. The van der Waals surface area contributed by atoms with Crippen molar-refractivity contribution in [3.63, 3.8) is 0 Å². The fourth-order valence-electron chi connectivity index (χ4n) is 3.46. The van der Waals surface area contributed by atoms with E-state index in [0.29, 0.717) is 6.04 Å². The number of piperazine rings is 1. The summed E-state index contributed by atoms with van der Waals surface area (Å²) in [5.41, 5.74) is 0. The van der Waals surface area contributed by atoms with Crippen LogP contribution in [0.2, 0.25) is 0 Å². The normalized spacial score (nSPS) is 33.5. The van der Waals surface area contributed by atoms with Crippen LogP contribution < -0.4 is 5.32 Å². The molecule has 3 unspecified atom stereocenters. The molecule has 1 saturated heterocycles. The number of thioether (sulfide) groups is 1. The van der Waals surface area contributed by atoms with Gasteiger partial charge in [-0.2, -0.15) is 11.8 Å². The molecular weight excluding hydrogens is 240 g/mol. The first kappa shape index (κ1) is 14.7. The maximum Gasteiger partial charge on any atom is 0.0224 e. The Balaban J connectivity index is 1.86. The smallest absolute Gasteiger partial charge is 0.0224 e. The summed E-state index contributed by atoms with van der Waals surface area (Å²) in [6.45, 7) is 8.44. The molecule has 0 amide bonds. The van der Waals surface area contributed by atoms with E-state index in [9.17, 15) is 0 Å². The van der Waals surface area contributed by atoms with Crippen LogP contribution in [0.1, 0.15) is 46.0 Å². The monoisotopic (exact) mass is 270 g/mol. The lowest BCUT2D eigenvalue weighted by molar-refractivity contribution is 0.106. The van der Waals surface area contributed by atoms with E-state index in [2.05, 4.69) is 30.3 Å². The maximum atomic E-state index is 3.81. The first-order chi connectivity index (χ1) is 8.70. The van der Waals surface area contributed by atoms with Crippen molar-refractivity contribution in [2.75, 3.05) is 25.9 Å². The molecule has 106 valence electrons. The summed E-state index contributed by atoms with van der Waals surface area (Å²) >= 11 is 2.00. The minimum atomic E-state index is 0.708. The lowest BCUT2D eigenvalue weighted by atomic mass is 9.82. The highest BCUT2D eigenvalue weighted by Crippen LogP contribution is 2.28. The van der Waals surface area contributed by atoms with Crippen LogP contribution in [-0.4, -0.2) is 48.1 Å². The maximum absolute atomic E-state index is 3.81. The number of hydrogen-bond donors (Lipinski definition) is 1. The quantitative estimate of drug-likeness (QED) is 0.845. The van der Waals surface area contributed by atoms with Gasteiger partial charge < -0.3 is 5.32 Å². The fourth-order valence-corrected chi connectivity index (χ4v) is 3.80. The van der Waals surface area contributed by atoms with Gasteiger partial charge in [-0.25, -0.2) is 0 Å². The van der Waals surface area contributed by atoms with Gasteiger partial charge in [0.2, 0.25) is 0 Å². The second kappa shape index (κ2) is 7.16. The molecule has 0 aromatic rings. The molecule has 0 radical (unpaired) electrons. The van der Waals surface area contributed by atoms with Crippen LogP contribution >= 0.6 is 11.8 Å². The molecule has 2 aliphatic rings. The van der Waals surface area contributed by atoms with Crippen LogP contribution in [0.25, 0.3) is 0 Å². The highest BCUT2D eigenvalue weighted by atomic mass is 32.2. The Kier molecular flexibility index (Phi) is 5.84. The number of nitrogens with zero attached hydrogens (tertiary/aromatic N) is 1. The predicted octanol–water partition coefficient (Wildman–Crippen LogP) is 2.98. The molecule has 1 heterocycles. The first-order valence-electron chi connectivity index (χ1n) is 7.71. The molecule has 2 rings (SSSR count). The molecule has 1 N–H and O–H groups in total. The van der Waals surface area contributed by atoms with E-state index >= 15 is 0 Å². The van der Waals surface area contributed by atoms with Crippen molar-refractivity contribution >= 4 is 11.8 Å². The third-order valence-corrected chi connectivity index (χ3v) is 5.80. The van der Waals surface area contributed by atoms with Crippen molar-refractivity contribution in [3.8, 4) is 0 Å². The molecule has 0 aromatic carbocycles. The van der Waals surface area contributed by atoms with Crippen LogP contribution in [0, 0.1) is 5.92 Å². The highest BCUT2D eigenvalue weighted by molar-refractivity contribution is 7.99. The van der Waals surface area contributed by atoms with Crippen LogP contribution in [-0.2, 0) is 0 Å². The van der Waals surface area contributed by atoms with Crippen molar-refractivity contribution in [2.24, 2.45) is 5.92 Å². The SMILES string of the molecule is CSC(C)CN1CC(C2CCCCC2)NCC1C. The van der Waals surface area contributed by atoms with Gasteiger partial charge >= 0.3 is 0 Å². The largest absolute Gasteiger partial charge is 0.311 e. The van der Waals surface area contributed by atoms with Gasteiger partial charge in [-0.1, -0.05) is 26.2 Å². The molecule has 0 aromatic heterocycles. The molecule has 18 heavy (non-hydrogen) atoms. The average molecular weight is 270 g/mol. The lowest BCUT2D eigenvalue weighted by Gasteiger charge is -2.43. The van der Waals surface area contributed by atoms with Crippen molar-refractivity contribution in [1.82, 2.24) is 10.2 Å². The zero-order chi connectivity index (χ0) is 13.0. The van der Waals surface area contributed by atoms with Gasteiger partial charge in [0.1, 0.15) is 0 Å². The summed E-state index contributed by atoms with van der Waals surface area (Å²) < 4.78 is 0. The second-order valence-electron chi connectivity index (χ2n) is 6.26. The Morgan fingerprint density at radius 2 is 2.00 bits per heavy atom. The molecule has 1 aliphatic carbocycles. The fraction of sp³-hybridized carbons (Fsp3) is 1.00. The third-order valence-electron chi connectivity index (χ3n) is 4.84. The van der Waals surface area contributed by atoms with Crippen molar-refractivity contribution in [1.29, 1.82) is 0 Å². The molecule has 1 aliphatic heterocycles. The standard InChI is InChI=1S/C15H30N2S/c1-12-9-16-15(14-7-5-4-6-8-14)11-17(12)10-13(2)18-3/h12-16H,4-11H2,1-3H3. The van der Waals surface area contributed by atoms with Crippen molar-refractivity contribution in [2.45, 2.75) is 63.3 Å². The Bertz CT molecular complexity index is 241. The van der Waals surface area contributed by atoms with Crippen molar-refractivity contribution in [3.05, 3.63) is 0 Å². The Hall–Kier alpha value is 0.270. The van der Waals surface area contributed by atoms with E-state index in [1.807, 2.05) is 11.8 Å². The van der Waals surface area contributed by atoms with Crippen molar-refractivity contribution < 1.29 is 0 Å². The minimum Gasteiger partial charge on any atom is -0.311 e.